The van der Waals surface area contributed by atoms with Crippen LogP contribution in [-0.2, 0) is 6.54 Å². The molecule has 0 aliphatic rings. The number of thiazole rings is 1. The van der Waals surface area contributed by atoms with Crippen molar-refractivity contribution in [3.63, 3.8) is 0 Å². The van der Waals surface area contributed by atoms with Crippen molar-refractivity contribution in [1.82, 2.24) is 10.3 Å². The Morgan fingerprint density at radius 2 is 2.13 bits per heavy atom. The minimum atomic E-state index is -0.264. The van der Waals surface area contributed by atoms with Gasteiger partial charge >= 0.3 is 0 Å². The summed E-state index contributed by atoms with van der Waals surface area (Å²) in [5.41, 5.74) is 1.08. The van der Waals surface area contributed by atoms with Crippen LogP contribution in [0.4, 0.5) is 10.8 Å². The summed E-state index contributed by atoms with van der Waals surface area (Å²) in [5.74, 6) is 0.419. The molecular weight excluding hydrogens is 357 g/mol. The van der Waals surface area contributed by atoms with Gasteiger partial charge in [0.1, 0.15) is 11.5 Å². The number of carbonyl (C=O) groups excluding carboxylic acids is 1. The Morgan fingerprint density at radius 3 is 2.87 bits per heavy atom. The van der Waals surface area contributed by atoms with Gasteiger partial charge in [-0.3, -0.25) is 4.79 Å². The molecule has 0 unspecified atom stereocenters. The van der Waals surface area contributed by atoms with E-state index in [0.717, 1.165) is 5.69 Å². The molecule has 0 saturated heterocycles. The second kappa shape index (κ2) is 7.04. The first-order valence-electron chi connectivity index (χ1n) is 6.60. The molecule has 2 N–H and O–H groups in total. The molecule has 118 valence electrons. The van der Waals surface area contributed by atoms with Crippen LogP contribution in [0.1, 0.15) is 16.2 Å². The number of carbonyl (C=O) groups is 1. The molecule has 2 aromatic heterocycles. The van der Waals surface area contributed by atoms with Gasteiger partial charge in [0.15, 0.2) is 5.13 Å². The predicted molar refractivity (Wildman–Crippen MR) is 91.7 cm³/mol. The maximum absolute atomic E-state index is 12.0. The molecule has 0 radical (unpaired) electrons. The van der Waals surface area contributed by atoms with Crippen molar-refractivity contribution in [3.05, 3.63) is 63.5 Å². The number of nitrogens with zero attached hydrogens (tertiary/aromatic N) is 1. The fraction of sp³-hybridized carbons (Fsp3) is 0.0667. The molecule has 0 spiro atoms. The van der Waals surface area contributed by atoms with E-state index >= 15 is 0 Å². The number of aromatic nitrogens is 1. The molecule has 3 aromatic rings. The van der Waals surface area contributed by atoms with Crippen molar-refractivity contribution in [2.45, 2.75) is 6.54 Å². The number of hydrogen-bond donors (Lipinski definition) is 2. The Morgan fingerprint density at radius 1 is 1.26 bits per heavy atom. The summed E-state index contributed by atoms with van der Waals surface area (Å²) < 4.78 is 5.16. The highest BCUT2D eigenvalue weighted by Gasteiger charge is 2.11. The fourth-order valence-corrected chi connectivity index (χ4v) is 2.81. The van der Waals surface area contributed by atoms with Crippen molar-refractivity contribution in [3.8, 4) is 0 Å². The number of anilines is 2. The van der Waals surface area contributed by atoms with E-state index < -0.39 is 0 Å². The third kappa shape index (κ3) is 4.04. The average molecular weight is 368 g/mol. The lowest BCUT2D eigenvalue weighted by Crippen LogP contribution is -2.22. The van der Waals surface area contributed by atoms with E-state index in [1.54, 1.807) is 42.0 Å². The summed E-state index contributed by atoms with van der Waals surface area (Å²) in [7, 11) is 0. The van der Waals surface area contributed by atoms with E-state index in [2.05, 4.69) is 15.6 Å². The Bertz CT molecular complexity index is 818. The molecule has 0 aliphatic carbocycles. The van der Waals surface area contributed by atoms with E-state index in [4.69, 9.17) is 27.6 Å². The zero-order chi connectivity index (χ0) is 16.2. The molecular formula is C15H11Cl2N3O2S. The molecule has 0 saturated carbocycles. The third-order valence-corrected chi connectivity index (χ3v) is 4.41. The average Bonchev–Trinajstić information content (AvgIpc) is 3.20. The summed E-state index contributed by atoms with van der Waals surface area (Å²) in [6, 6.07) is 8.73. The van der Waals surface area contributed by atoms with Gasteiger partial charge in [0, 0.05) is 11.1 Å². The molecule has 23 heavy (non-hydrogen) atoms. The molecule has 0 aliphatic heterocycles. The van der Waals surface area contributed by atoms with Gasteiger partial charge in [-0.15, -0.1) is 11.3 Å². The number of hydrogen-bond acceptors (Lipinski definition) is 5. The number of rotatable bonds is 5. The zero-order valence-corrected chi connectivity index (χ0v) is 14.0. The van der Waals surface area contributed by atoms with Crippen molar-refractivity contribution < 1.29 is 9.21 Å². The second-order valence-corrected chi connectivity index (χ2v) is 6.23. The lowest BCUT2D eigenvalue weighted by Gasteiger charge is -2.04. The summed E-state index contributed by atoms with van der Waals surface area (Å²) >= 11 is 13.2. The number of furan rings is 1. The Kier molecular flexibility index (Phi) is 4.85. The van der Waals surface area contributed by atoms with Crippen LogP contribution in [-0.4, -0.2) is 10.9 Å². The monoisotopic (exact) mass is 367 g/mol. The van der Waals surface area contributed by atoms with Crippen LogP contribution in [0.5, 0.6) is 0 Å². The van der Waals surface area contributed by atoms with Gasteiger partial charge in [-0.2, -0.15) is 0 Å². The van der Waals surface area contributed by atoms with E-state index in [1.165, 1.54) is 11.3 Å². The highest BCUT2D eigenvalue weighted by molar-refractivity contribution is 7.14. The van der Waals surface area contributed by atoms with Gasteiger partial charge < -0.3 is 15.1 Å². The first-order chi connectivity index (χ1) is 11.1. The van der Waals surface area contributed by atoms with E-state index in [-0.39, 0.29) is 5.91 Å². The fourth-order valence-electron chi connectivity index (χ4n) is 1.80. The Balaban J connectivity index is 1.62. The number of nitrogens with one attached hydrogen (secondary N) is 2. The SMILES string of the molecule is O=C(NCc1ccco1)c1csc(Nc2ccc(Cl)c(Cl)c2)n1. The van der Waals surface area contributed by atoms with Gasteiger partial charge in [0.05, 0.1) is 22.9 Å². The van der Waals surface area contributed by atoms with E-state index in [0.29, 0.717) is 33.2 Å². The van der Waals surface area contributed by atoms with Crippen LogP contribution in [0, 0.1) is 0 Å². The summed E-state index contributed by atoms with van der Waals surface area (Å²) in [6.07, 6.45) is 1.56. The molecule has 1 aromatic carbocycles. The Hall–Kier alpha value is -2.02. The minimum absolute atomic E-state index is 0.264. The van der Waals surface area contributed by atoms with Crippen molar-refractivity contribution in [2.24, 2.45) is 0 Å². The first kappa shape index (κ1) is 15.9. The van der Waals surface area contributed by atoms with Crippen LogP contribution in [0.2, 0.25) is 10.0 Å². The summed E-state index contributed by atoms with van der Waals surface area (Å²) in [6.45, 7) is 0.318. The van der Waals surface area contributed by atoms with Crippen LogP contribution in [0.25, 0.3) is 0 Å². The highest BCUT2D eigenvalue weighted by atomic mass is 35.5. The maximum Gasteiger partial charge on any atom is 0.271 e. The second-order valence-electron chi connectivity index (χ2n) is 4.55. The molecule has 1 amide bonds. The first-order valence-corrected chi connectivity index (χ1v) is 8.23. The molecule has 8 heteroatoms. The molecule has 3 rings (SSSR count). The molecule has 0 fully saturated rings. The standard InChI is InChI=1S/C15H11Cl2N3O2S/c16-11-4-3-9(6-12(11)17)19-15-20-13(8-23-15)14(21)18-7-10-2-1-5-22-10/h1-6,8H,7H2,(H,18,21)(H,19,20). The zero-order valence-electron chi connectivity index (χ0n) is 11.7. The minimum Gasteiger partial charge on any atom is -0.467 e. The van der Waals surface area contributed by atoms with Crippen LogP contribution >= 0.6 is 34.5 Å². The van der Waals surface area contributed by atoms with Gasteiger partial charge in [-0.05, 0) is 30.3 Å². The van der Waals surface area contributed by atoms with E-state index in [1.807, 2.05) is 0 Å². The van der Waals surface area contributed by atoms with Crippen LogP contribution in [0.3, 0.4) is 0 Å². The van der Waals surface area contributed by atoms with Crippen molar-refractivity contribution in [1.29, 1.82) is 0 Å². The number of amides is 1. The summed E-state index contributed by atoms with van der Waals surface area (Å²) in [5, 5.41) is 9.02. The smallest absolute Gasteiger partial charge is 0.271 e. The topological polar surface area (TPSA) is 67.2 Å². The Labute approximate surface area is 146 Å². The number of halogens is 2. The highest BCUT2D eigenvalue weighted by Crippen LogP contribution is 2.28. The maximum atomic E-state index is 12.0. The normalized spacial score (nSPS) is 10.5. The quantitative estimate of drug-likeness (QED) is 0.684. The molecule has 2 heterocycles. The lowest BCUT2D eigenvalue weighted by atomic mass is 10.3. The largest absolute Gasteiger partial charge is 0.467 e. The van der Waals surface area contributed by atoms with Gasteiger partial charge in [0.25, 0.3) is 5.91 Å². The van der Waals surface area contributed by atoms with Crippen molar-refractivity contribution >= 4 is 51.3 Å². The third-order valence-electron chi connectivity index (χ3n) is 2.91. The van der Waals surface area contributed by atoms with Crippen LogP contribution < -0.4 is 10.6 Å². The molecule has 0 atom stereocenters. The van der Waals surface area contributed by atoms with Gasteiger partial charge in [0.2, 0.25) is 0 Å². The van der Waals surface area contributed by atoms with Gasteiger partial charge in [-0.1, -0.05) is 23.2 Å². The molecule has 5 nitrogen and oxygen atoms in total. The number of benzene rings is 1. The summed E-state index contributed by atoms with van der Waals surface area (Å²) in [4.78, 5) is 16.3. The predicted octanol–water partition coefficient (Wildman–Crippen LogP) is 4.72. The van der Waals surface area contributed by atoms with E-state index in [9.17, 15) is 4.79 Å². The lowest BCUT2D eigenvalue weighted by molar-refractivity contribution is 0.0944. The van der Waals surface area contributed by atoms with Crippen LogP contribution in [0.15, 0.2) is 46.4 Å². The van der Waals surface area contributed by atoms with Crippen molar-refractivity contribution in [2.75, 3.05) is 5.32 Å². The van der Waals surface area contributed by atoms with Gasteiger partial charge in [-0.25, -0.2) is 4.98 Å². The molecule has 0 bridgehead atoms.